The van der Waals surface area contributed by atoms with Crippen LogP contribution in [-0.4, -0.2) is 39.9 Å². The molecule has 7 nitrogen and oxygen atoms in total. The van der Waals surface area contributed by atoms with E-state index in [4.69, 9.17) is 5.73 Å². The number of nitrogen functional groups attached to an aromatic ring is 1. The maximum atomic E-state index is 13.6. The van der Waals surface area contributed by atoms with Crippen LogP contribution in [-0.2, 0) is 17.8 Å². The standard InChI is InChI=1S/C29H37N5O2/c1-20(2)34(24-12-4-3-5-13-24)29(36)33-26(28(35)32-19-21-15-16-27(30)31-18-21)17-23-11-8-10-22-9-6-7-14-25(22)23/h6-11,14-16,18,20,24,26H,3-5,12-13,17,19H2,1-2H3,(H2,30,31)(H,32,35)(H,33,36)/t26-/m0/s1. The molecule has 0 spiro atoms. The van der Waals surface area contributed by atoms with Gasteiger partial charge in [0.15, 0.2) is 0 Å². The van der Waals surface area contributed by atoms with Crippen LogP contribution in [0.3, 0.4) is 0 Å². The van der Waals surface area contributed by atoms with Crippen LogP contribution in [0, 0.1) is 0 Å². The molecule has 0 unspecified atom stereocenters. The molecule has 1 aliphatic rings. The minimum atomic E-state index is -0.713. The lowest BCUT2D eigenvalue weighted by molar-refractivity contribution is -0.123. The predicted octanol–water partition coefficient (Wildman–Crippen LogP) is 4.80. The van der Waals surface area contributed by atoms with Crippen molar-refractivity contribution < 1.29 is 9.59 Å². The molecule has 4 rings (SSSR count). The number of aromatic nitrogens is 1. The zero-order valence-electron chi connectivity index (χ0n) is 21.2. The first-order chi connectivity index (χ1) is 17.4. The summed E-state index contributed by atoms with van der Waals surface area (Å²) in [6.45, 7) is 4.40. The first kappa shape index (κ1) is 25.5. The van der Waals surface area contributed by atoms with Crippen LogP contribution in [0.2, 0.25) is 0 Å². The third-order valence-electron chi connectivity index (χ3n) is 6.99. The van der Waals surface area contributed by atoms with Crippen molar-refractivity contribution in [1.82, 2.24) is 20.5 Å². The highest BCUT2D eigenvalue weighted by atomic mass is 16.2. The Morgan fingerprint density at radius 1 is 1.03 bits per heavy atom. The van der Waals surface area contributed by atoms with Crippen LogP contribution < -0.4 is 16.4 Å². The number of anilines is 1. The molecule has 0 aliphatic heterocycles. The van der Waals surface area contributed by atoms with Crippen molar-refractivity contribution in [2.45, 2.75) is 77.0 Å². The molecule has 7 heteroatoms. The molecule has 190 valence electrons. The highest BCUT2D eigenvalue weighted by Gasteiger charge is 2.31. The summed E-state index contributed by atoms with van der Waals surface area (Å²) in [6, 6.07) is 17.1. The highest BCUT2D eigenvalue weighted by Crippen LogP contribution is 2.25. The molecular weight excluding hydrogens is 450 g/mol. The van der Waals surface area contributed by atoms with E-state index in [1.54, 1.807) is 12.3 Å². The lowest BCUT2D eigenvalue weighted by Gasteiger charge is -2.38. The molecule has 36 heavy (non-hydrogen) atoms. The van der Waals surface area contributed by atoms with Crippen LogP contribution in [0.25, 0.3) is 10.8 Å². The molecular formula is C29H37N5O2. The second kappa shape index (κ2) is 11.9. The smallest absolute Gasteiger partial charge is 0.318 e. The van der Waals surface area contributed by atoms with E-state index in [1.165, 1.54) is 6.42 Å². The zero-order valence-corrected chi connectivity index (χ0v) is 21.2. The highest BCUT2D eigenvalue weighted by molar-refractivity contribution is 5.90. The second-order valence-electron chi connectivity index (χ2n) is 9.95. The van der Waals surface area contributed by atoms with E-state index in [9.17, 15) is 9.59 Å². The van der Waals surface area contributed by atoms with Crippen molar-refractivity contribution in [3.05, 3.63) is 71.9 Å². The normalized spacial score (nSPS) is 15.0. The topological polar surface area (TPSA) is 100 Å². The molecule has 3 amide bonds. The molecule has 1 atom stereocenters. The van der Waals surface area contributed by atoms with E-state index in [2.05, 4.69) is 33.8 Å². The van der Waals surface area contributed by atoms with Crippen LogP contribution in [0.4, 0.5) is 10.6 Å². The number of amides is 3. The lowest BCUT2D eigenvalue weighted by atomic mass is 9.93. The third-order valence-corrected chi connectivity index (χ3v) is 6.99. The van der Waals surface area contributed by atoms with Gasteiger partial charge >= 0.3 is 6.03 Å². The molecule has 0 bridgehead atoms. The van der Waals surface area contributed by atoms with Gasteiger partial charge < -0.3 is 21.3 Å². The van der Waals surface area contributed by atoms with E-state index in [-0.39, 0.29) is 24.0 Å². The number of fused-ring (bicyclic) bond motifs is 1. The van der Waals surface area contributed by atoms with E-state index >= 15 is 0 Å². The van der Waals surface area contributed by atoms with Gasteiger partial charge in [-0.15, -0.1) is 0 Å². The first-order valence-corrected chi connectivity index (χ1v) is 13.0. The Morgan fingerprint density at radius 2 is 1.78 bits per heavy atom. The summed E-state index contributed by atoms with van der Waals surface area (Å²) in [7, 11) is 0. The summed E-state index contributed by atoms with van der Waals surface area (Å²) in [6.07, 6.45) is 7.56. The minimum absolute atomic E-state index is 0.0511. The number of nitrogens with one attached hydrogen (secondary N) is 2. The van der Waals surface area contributed by atoms with Gasteiger partial charge in [-0.3, -0.25) is 4.79 Å². The SMILES string of the molecule is CC(C)N(C(=O)N[C@@H](Cc1cccc2ccccc12)C(=O)NCc1ccc(N)nc1)C1CCCCC1. The van der Waals surface area contributed by atoms with Gasteiger partial charge in [-0.05, 0) is 54.7 Å². The van der Waals surface area contributed by atoms with Crippen LogP contribution >= 0.6 is 0 Å². The Kier molecular flexibility index (Phi) is 8.41. The van der Waals surface area contributed by atoms with E-state index < -0.39 is 6.04 Å². The molecule has 1 aromatic heterocycles. The van der Waals surface area contributed by atoms with Crippen molar-refractivity contribution in [2.75, 3.05) is 5.73 Å². The predicted molar refractivity (Wildman–Crippen MR) is 144 cm³/mol. The van der Waals surface area contributed by atoms with Crippen LogP contribution in [0.5, 0.6) is 0 Å². The molecule has 2 aromatic carbocycles. The fourth-order valence-electron chi connectivity index (χ4n) is 5.16. The summed E-state index contributed by atoms with van der Waals surface area (Å²) in [5.74, 6) is 0.211. The van der Waals surface area contributed by atoms with Crippen LogP contribution in [0.1, 0.15) is 57.1 Å². The number of urea groups is 1. The summed E-state index contributed by atoms with van der Waals surface area (Å²) >= 11 is 0. The van der Waals surface area contributed by atoms with E-state index in [0.29, 0.717) is 18.8 Å². The Labute approximate surface area is 213 Å². The fraction of sp³-hybridized carbons (Fsp3) is 0.414. The molecule has 1 aliphatic carbocycles. The van der Waals surface area contributed by atoms with Crippen molar-refractivity contribution in [3.8, 4) is 0 Å². The average molecular weight is 488 g/mol. The maximum absolute atomic E-state index is 13.6. The van der Waals surface area contributed by atoms with Crippen molar-refractivity contribution >= 4 is 28.5 Å². The molecule has 1 fully saturated rings. The Hall–Kier alpha value is -3.61. The first-order valence-electron chi connectivity index (χ1n) is 13.0. The summed E-state index contributed by atoms with van der Waals surface area (Å²) in [5, 5.41) is 8.28. The number of nitrogens with two attached hydrogens (primary N) is 1. The van der Waals surface area contributed by atoms with Gasteiger partial charge in [0.25, 0.3) is 0 Å². The Balaban J connectivity index is 1.55. The van der Waals surface area contributed by atoms with Gasteiger partial charge in [0.2, 0.25) is 5.91 Å². The molecule has 4 N–H and O–H groups in total. The van der Waals surface area contributed by atoms with Gasteiger partial charge in [0.1, 0.15) is 11.9 Å². The second-order valence-corrected chi connectivity index (χ2v) is 9.95. The number of hydrogen-bond acceptors (Lipinski definition) is 4. The molecule has 1 heterocycles. The summed E-state index contributed by atoms with van der Waals surface area (Å²) in [4.78, 5) is 33.0. The molecule has 1 saturated carbocycles. The van der Waals surface area contributed by atoms with Crippen LogP contribution in [0.15, 0.2) is 60.8 Å². The van der Waals surface area contributed by atoms with Gasteiger partial charge in [0, 0.05) is 31.2 Å². The van der Waals surface area contributed by atoms with Crippen molar-refractivity contribution in [1.29, 1.82) is 0 Å². The largest absolute Gasteiger partial charge is 0.384 e. The van der Waals surface area contributed by atoms with Crippen molar-refractivity contribution in [2.24, 2.45) is 0 Å². The Bertz CT molecular complexity index is 1170. The summed E-state index contributed by atoms with van der Waals surface area (Å²) < 4.78 is 0. The fourth-order valence-corrected chi connectivity index (χ4v) is 5.16. The van der Waals surface area contributed by atoms with E-state index in [1.807, 2.05) is 49.1 Å². The number of pyridine rings is 1. The molecule has 3 aromatic rings. The zero-order chi connectivity index (χ0) is 25.5. The Morgan fingerprint density at radius 3 is 2.50 bits per heavy atom. The number of nitrogens with zero attached hydrogens (tertiary/aromatic N) is 2. The summed E-state index contributed by atoms with van der Waals surface area (Å²) in [5.41, 5.74) is 7.55. The number of carbonyl (C=O) groups is 2. The maximum Gasteiger partial charge on any atom is 0.318 e. The number of benzene rings is 2. The van der Waals surface area contributed by atoms with Gasteiger partial charge in [-0.1, -0.05) is 67.8 Å². The van der Waals surface area contributed by atoms with Crippen molar-refractivity contribution in [3.63, 3.8) is 0 Å². The number of carbonyl (C=O) groups excluding carboxylic acids is 2. The van der Waals surface area contributed by atoms with Gasteiger partial charge in [-0.25, -0.2) is 9.78 Å². The van der Waals surface area contributed by atoms with E-state index in [0.717, 1.165) is 47.6 Å². The third kappa shape index (κ3) is 6.33. The van der Waals surface area contributed by atoms with Gasteiger partial charge in [0.05, 0.1) is 0 Å². The lowest BCUT2D eigenvalue weighted by Crippen LogP contribution is -2.56. The monoisotopic (exact) mass is 487 g/mol. The quantitative estimate of drug-likeness (QED) is 0.425. The molecule has 0 saturated heterocycles. The minimum Gasteiger partial charge on any atom is -0.384 e. The number of rotatable bonds is 8. The van der Waals surface area contributed by atoms with Gasteiger partial charge in [-0.2, -0.15) is 0 Å². The number of hydrogen-bond donors (Lipinski definition) is 3. The average Bonchev–Trinajstić information content (AvgIpc) is 2.88. The molecule has 0 radical (unpaired) electrons.